The van der Waals surface area contributed by atoms with Crippen LogP contribution in [-0.2, 0) is 52.3 Å². The normalized spacial score (nSPS) is 25.9. The van der Waals surface area contributed by atoms with Crippen molar-refractivity contribution in [2.45, 2.75) is 109 Å². The predicted octanol–water partition coefficient (Wildman–Crippen LogP) is 5.60. The molecule has 0 aromatic carbocycles. The molecule has 2 heterocycles. The van der Waals surface area contributed by atoms with E-state index >= 15 is 0 Å². The van der Waals surface area contributed by atoms with Crippen molar-refractivity contribution in [2.24, 2.45) is 41.4 Å². The van der Waals surface area contributed by atoms with Gasteiger partial charge in [-0.15, -0.1) is 0 Å². The topological polar surface area (TPSA) is 153 Å². The lowest BCUT2D eigenvalue weighted by atomic mass is 9.65. The van der Waals surface area contributed by atoms with Gasteiger partial charge in [0.2, 0.25) is 0 Å². The van der Waals surface area contributed by atoms with Crippen LogP contribution in [0.5, 0.6) is 0 Å². The van der Waals surface area contributed by atoms with Gasteiger partial charge in [0.1, 0.15) is 12.4 Å². The third-order valence-corrected chi connectivity index (χ3v) is 10.5. The summed E-state index contributed by atoms with van der Waals surface area (Å²) < 4.78 is 150. The summed E-state index contributed by atoms with van der Waals surface area (Å²) >= 11 is 0. The number of alkyl halides is 8. The van der Waals surface area contributed by atoms with Gasteiger partial charge in [0, 0.05) is 23.7 Å². The fraction of sp³-hybridized carbons (Fsp3) is 0.889. The molecule has 12 nitrogen and oxygen atoms in total. The Bertz CT molecular complexity index is 1360. The van der Waals surface area contributed by atoms with E-state index in [0.717, 1.165) is 0 Å². The van der Waals surface area contributed by atoms with Gasteiger partial charge in [-0.05, 0) is 59.8 Å². The van der Waals surface area contributed by atoms with Crippen LogP contribution in [0, 0.1) is 41.4 Å². The average Bonchev–Trinajstić information content (AvgIpc) is 3.13. The van der Waals surface area contributed by atoms with E-state index in [1.807, 2.05) is 0 Å². The van der Waals surface area contributed by atoms with E-state index in [2.05, 4.69) is 4.74 Å². The van der Waals surface area contributed by atoms with E-state index < -0.39 is 115 Å². The highest BCUT2D eigenvalue weighted by Crippen LogP contribution is 2.53. The molecular formula is C36H52F8O12. The number of aliphatic hydroxyl groups excluding tert-OH is 1. The van der Waals surface area contributed by atoms with Crippen molar-refractivity contribution in [3.05, 3.63) is 0 Å². The number of ketones is 1. The first-order chi connectivity index (χ1) is 25.7. The lowest BCUT2D eigenvalue weighted by Gasteiger charge is -2.39. The molecule has 56 heavy (non-hydrogen) atoms. The zero-order chi connectivity index (χ0) is 42.5. The van der Waals surface area contributed by atoms with Crippen LogP contribution in [0.1, 0.15) is 73.6 Å². The molecule has 0 aromatic heterocycles. The molecule has 0 amide bonds. The Morgan fingerprint density at radius 3 is 1.39 bits per heavy atom. The van der Waals surface area contributed by atoms with Crippen LogP contribution in [0.4, 0.5) is 35.1 Å². The van der Waals surface area contributed by atoms with Gasteiger partial charge in [-0.25, -0.2) is 0 Å². The predicted molar refractivity (Wildman–Crippen MR) is 176 cm³/mol. The molecule has 5 unspecified atom stereocenters. The molecule has 0 aromatic rings. The Hall–Kier alpha value is -2.68. The Labute approximate surface area is 319 Å². The van der Waals surface area contributed by atoms with Crippen LogP contribution in [0.15, 0.2) is 0 Å². The Kier molecular flexibility index (Phi) is 15.8. The highest BCUT2D eigenvalue weighted by molar-refractivity contribution is 5.91. The third kappa shape index (κ3) is 11.3. The third-order valence-electron chi connectivity index (χ3n) is 10.5. The first-order valence-electron chi connectivity index (χ1n) is 18.4. The zero-order valence-electron chi connectivity index (χ0n) is 32.2. The molecule has 1 saturated carbocycles. The molecule has 0 spiro atoms. The molecule has 0 bridgehead atoms. The fourth-order valence-corrected chi connectivity index (χ4v) is 6.44. The molecule has 3 rings (SSSR count). The number of aliphatic hydroxyl groups is 1. The van der Waals surface area contributed by atoms with Gasteiger partial charge in [-0.2, -0.15) is 35.1 Å². The molecule has 3 aliphatic rings. The van der Waals surface area contributed by atoms with Gasteiger partial charge < -0.3 is 38.3 Å². The maximum Gasteiger partial charge on any atom is 0.381 e. The molecule has 1 aliphatic carbocycles. The van der Waals surface area contributed by atoms with Crippen molar-refractivity contribution in [1.82, 2.24) is 0 Å². The summed E-state index contributed by atoms with van der Waals surface area (Å²) in [6, 6.07) is 0. The largest absolute Gasteiger partial charge is 0.465 e. The van der Waals surface area contributed by atoms with Crippen LogP contribution >= 0.6 is 0 Å². The number of carbonyl (C=O) groups excluding carboxylic acids is 4. The van der Waals surface area contributed by atoms with Crippen molar-refractivity contribution >= 4 is 23.7 Å². The van der Waals surface area contributed by atoms with Gasteiger partial charge in [0.25, 0.3) is 0 Å². The number of halogens is 8. The maximum atomic E-state index is 14.6. The highest BCUT2D eigenvalue weighted by atomic mass is 19.4. The van der Waals surface area contributed by atoms with Gasteiger partial charge in [0.15, 0.2) is 18.2 Å². The number of Topliss-reactive ketones (excluding diaryl/α,β-unsaturated/α-hetero) is 1. The van der Waals surface area contributed by atoms with Crippen molar-refractivity contribution in [1.29, 1.82) is 0 Å². The lowest BCUT2D eigenvalue weighted by molar-refractivity contribution is -0.374. The van der Waals surface area contributed by atoms with E-state index in [-0.39, 0.29) is 57.5 Å². The van der Waals surface area contributed by atoms with E-state index in [1.165, 1.54) is 6.92 Å². The number of esters is 3. The number of hydrogen-bond acceptors (Lipinski definition) is 12. The van der Waals surface area contributed by atoms with E-state index in [1.54, 1.807) is 34.6 Å². The van der Waals surface area contributed by atoms with E-state index in [0.29, 0.717) is 13.2 Å². The van der Waals surface area contributed by atoms with Crippen LogP contribution in [0.3, 0.4) is 0 Å². The van der Waals surface area contributed by atoms with Crippen molar-refractivity contribution in [3.8, 4) is 0 Å². The summed E-state index contributed by atoms with van der Waals surface area (Å²) in [6.07, 6.45) is -0.654. The smallest absolute Gasteiger partial charge is 0.381 e. The van der Waals surface area contributed by atoms with Crippen LogP contribution in [0.25, 0.3) is 0 Å². The molecule has 5 atom stereocenters. The molecule has 0 radical (unpaired) electrons. The number of carbonyl (C=O) groups is 4. The van der Waals surface area contributed by atoms with Gasteiger partial charge in [0.05, 0.1) is 57.4 Å². The maximum absolute atomic E-state index is 14.6. The molecule has 20 heteroatoms. The fourth-order valence-electron chi connectivity index (χ4n) is 6.44. The summed E-state index contributed by atoms with van der Waals surface area (Å²) in [5, 5.41) is 8.48. The monoisotopic (exact) mass is 828 g/mol. The van der Waals surface area contributed by atoms with Crippen molar-refractivity contribution in [2.75, 3.05) is 52.9 Å². The second-order valence-electron chi connectivity index (χ2n) is 15.6. The number of hydrogen-bond donors (Lipinski definition) is 1. The second-order valence-corrected chi connectivity index (χ2v) is 15.6. The summed E-state index contributed by atoms with van der Waals surface area (Å²) in [4.78, 5) is 54.2. The van der Waals surface area contributed by atoms with Crippen molar-refractivity contribution in [3.63, 3.8) is 0 Å². The minimum atomic E-state index is -6.85. The van der Waals surface area contributed by atoms with Gasteiger partial charge in [-0.3, -0.25) is 19.2 Å². The first kappa shape index (κ1) is 47.7. The minimum Gasteiger partial charge on any atom is -0.465 e. The van der Waals surface area contributed by atoms with E-state index in [9.17, 15) is 54.3 Å². The highest BCUT2D eigenvalue weighted by Gasteiger charge is 2.80. The molecule has 3 fully saturated rings. The average molecular weight is 829 g/mol. The molecular weight excluding hydrogens is 776 g/mol. The van der Waals surface area contributed by atoms with Gasteiger partial charge >= 0.3 is 41.6 Å². The van der Waals surface area contributed by atoms with Crippen LogP contribution in [0.2, 0.25) is 0 Å². The standard InChI is InChI=1S/C36H52F8O12/c1-7-20(2)27(46)23-12-25(30(49)52-19-34(39,40)36(43,44)35(41,42)33(37,38)18-45)26(29(48)51-11-9-22-16-55-32(5,6)56-17-22)13-24(23)28(47)50-10-8-21-14-53-31(3,4)54-15-21/h20-26,45H,7-19H2,1-6H3. The lowest BCUT2D eigenvalue weighted by Crippen LogP contribution is -2.64. The van der Waals surface area contributed by atoms with Crippen LogP contribution in [-0.4, -0.2) is 117 Å². The molecule has 1 N–H and O–H groups in total. The van der Waals surface area contributed by atoms with Crippen molar-refractivity contribution < 1.29 is 92.6 Å². The Balaban J connectivity index is 1.85. The summed E-state index contributed by atoms with van der Waals surface area (Å²) in [5.41, 5.74) is 0. The quantitative estimate of drug-likeness (QED) is 0.104. The summed E-state index contributed by atoms with van der Waals surface area (Å²) in [7, 11) is 0. The SMILES string of the molecule is CCC(C)C(=O)C1CC(C(=O)OCC(F)(F)C(F)(F)C(F)(F)C(F)(F)CO)C(C(=O)OCCC2COC(C)(C)OC2)CC1C(=O)OCCC1COC(C)(C)OC1. The summed E-state index contributed by atoms with van der Waals surface area (Å²) in [5.74, 6) is -39.5. The molecule has 324 valence electrons. The van der Waals surface area contributed by atoms with E-state index in [4.69, 9.17) is 33.5 Å². The summed E-state index contributed by atoms with van der Waals surface area (Å²) in [6.45, 7) is 4.82. The van der Waals surface area contributed by atoms with Crippen LogP contribution < -0.4 is 0 Å². The number of ether oxygens (including phenoxy) is 7. The van der Waals surface area contributed by atoms with Gasteiger partial charge in [-0.1, -0.05) is 13.8 Å². The Morgan fingerprint density at radius 2 is 1.00 bits per heavy atom. The molecule has 2 saturated heterocycles. The number of rotatable bonds is 18. The second kappa shape index (κ2) is 18.5. The zero-order valence-corrected chi connectivity index (χ0v) is 32.2. The Morgan fingerprint density at radius 1 is 0.643 bits per heavy atom. The molecule has 2 aliphatic heterocycles. The minimum absolute atomic E-state index is 0.159. The first-order valence-corrected chi connectivity index (χ1v) is 18.4.